The van der Waals surface area contributed by atoms with Crippen molar-refractivity contribution in [3.8, 4) is 5.75 Å². The van der Waals surface area contributed by atoms with Crippen molar-refractivity contribution in [3.05, 3.63) is 30.1 Å². The lowest BCUT2D eigenvalue weighted by Gasteiger charge is -2.37. The Morgan fingerprint density at radius 1 is 1.15 bits per heavy atom. The van der Waals surface area contributed by atoms with E-state index >= 15 is 0 Å². The number of anilines is 1. The van der Waals surface area contributed by atoms with E-state index in [0.29, 0.717) is 6.04 Å². The highest BCUT2D eigenvalue weighted by atomic mass is 16.5. The zero-order valence-corrected chi connectivity index (χ0v) is 17.3. The van der Waals surface area contributed by atoms with E-state index in [1.807, 2.05) is 16.8 Å². The van der Waals surface area contributed by atoms with Gasteiger partial charge < -0.3 is 14.5 Å². The lowest BCUT2D eigenvalue weighted by atomic mass is 10.0. The van der Waals surface area contributed by atoms with Crippen molar-refractivity contribution in [3.63, 3.8) is 0 Å². The van der Waals surface area contributed by atoms with E-state index in [1.165, 1.54) is 5.69 Å². The third-order valence-electron chi connectivity index (χ3n) is 5.35. The Kier molecular flexibility index (Phi) is 5.99. The fourth-order valence-electron chi connectivity index (χ4n) is 3.89. The molecule has 0 radical (unpaired) electrons. The predicted molar refractivity (Wildman–Crippen MR) is 106 cm³/mol. The Hall–Kier alpha value is -2.15. The van der Waals surface area contributed by atoms with Gasteiger partial charge in [0.05, 0.1) is 38.8 Å². The second-order valence-corrected chi connectivity index (χ2v) is 8.30. The van der Waals surface area contributed by atoms with Crippen LogP contribution >= 0.6 is 0 Å². The molecule has 27 heavy (non-hydrogen) atoms. The minimum absolute atomic E-state index is 0.102. The molecule has 1 saturated heterocycles. The summed E-state index contributed by atoms with van der Waals surface area (Å²) < 4.78 is 7.28. The van der Waals surface area contributed by atoms with Crippen molar-refractivity contribution in [1.29, 1.82) is 0 Å². The van der Waals surface area contributed by atoms with Gasteiger partial charge in [-0.2, -0.15) is 0 Å². The average molecular weight is 374 g/mol. The van der Waals surface area contributed by atoms with Gasteiger partial charge in [-0.3, -0.25) is 0 Å². The van der Waals surface area contributed by atoms with Crippen LogP contribution in [0.2, 0.25) is 0 Å². The summed E-state index contributed by atoms with van der Waals surface area (Å²) in [5.74, 6) is 1.93. The zero-order valence-electron chi connectivity index (χ0n) is 17.3. The van der Waals surface area contributed by atoms with Crippen LogP contribution in [0.1, 0.15) is 52.4 Å². The summed E-state index contributed by atoms with van der Waals surface area (Å²) in [4.78, 5) is 4.04. The van der Waals surface area contributed by atoms with Gasteiger partial charge in [0.1, 0.15) is 11.8 Å². The van der Waals surface area contributed by atoms with Gasteiger partial charge in [0.25, 0.3) is 0 Å². The third-order valence-corrected chi connectivity index (χ3v) is 5.35. The Morgan fingerprint density at radius 2 is 1.81 bits per heavy atom. The molecule has 1 aliphatic rings. The lowest BCUT2D eigenvalue weighted by Crippen LogP contribution is -3.15. The summed E-state index contributed by atoms with van der Waals surface area (Å²) in [6, 6.07) is 8.71. The van der Waals surface area contributed by atoms with Gasteiger partial charge in [0.15, 0.2) is 0 Å². The molecule has 3 rings (SSSR count). The summed E-state index contributed by atoms with van der Waals surface area (Å²) in [5, 5.41) is 12.7. The van der Waals surface area contributed by atoms with Crippen molar-refractivity contribution in [2.45, 2.75) is 52.1 Å². The summed E-state index contributed by atoms with van der Waals surface area (Å²) in [5.41, 5.74) is 1.16. The highest BCUT2D eigenvalue weighted by Crippen LogP contribution is 2.22. The molecule has 2 aromatic rings. The number of hydrogen-bond acceptors (Lipinski definition) is 5. The van der Waals surface area contributed by atoms with Crippen LogP contribution in [0.25, 0.3) is 0 Å². The monoisotopic (exact) mass is 373 g/mol. The number of tetrazole rings is 1. The minimum atomic E-state index is -0.102. The van der Waals surface area contributed by atoms with E-state index in [-0.39, 0.29) is 5.54 Å². The molecule has 0 bridgehead atoms. The maximum atomic E-state index is 5.27. The topological polar surface area (TPSA) is 60.5 Å². The second kappa shape index (κ2) is 8.25. The van der Waals surface area contributed by atoms with Crippen LogP contribution < -0.4 is 14.5 Å². The number of nitrogens with one attached hydrogen (secondary N) is 1. The van der Waals surface area contributed by atoms with Gasteiger partial charge in [0.2, 0.25) is 5.82 Å². The van der Waals surface area contributed by atoms with E-state index in [9.17, 15) is 0 Å². The number of piperazine rings is 1. The lowest BCUT2D eigenvalue weighted by molar-refractivity contribution is -0.933. The number of nitrogens with zero attached hydrogens (tertiary/aromatic N) is 5. The molecule has 1 fully saturated rings. The minimum Gasteiger partial charge on any atom is -0.497 e. The quantitative estimate of drug-likeness (QED) is 0.835. The Labute approximate surface area is 162 Å². The number of aromatic nitrogens is 4. The number of quaternary nitrogens is 1. The van der Waals surface area contributed by atoms with Gasteiger partial charge in [-0.15, -0.1) is 5.10 Å². The zero-order chi connectivity index (χ0) is 19.4. The SMILES string of the molecule is CCC[C@@H](c1nnnn1C(C)(C)C)[NH+]1CCN(c2ccc(OC)cc2)CC1. The van der Waals surface area contributed by atoms with E-state index < -0.39 is 0 Å². The molecule has 7 heteroatoms. The molecule has 2 heterocycles. The molecule has 0 amide bonds. The highest BCUT2D eigenvalue weighted by Gasteiger charge is 2.34. The van der Waals surface area contributed by atoms with Gasteiger partial charge in [-0.05, 0) is 55.5 Å². The second-order valence-electron chi connectivity index (χ2n) is 8.30. The highest BCUT2D eigenvalue weighted by molar-refractivity contribution is 5.49. The number of ether oxygens (including phenoxy) is 1. The first-order valence-corrected chi connectivity index (χ1v) is 9.96. The van der Waals surface area contributed by atoms with Gasteiger partial charge in [-0.1, -0.05) is 13.3 Å². The number of hydrogen-bond donors (Lipinski definition) is 1. The molecule has 1 aromatic carbocycles. The molecule has 0 spiro atoms. The fourth-order valence-corrected chi connectivity index (χ4v) is 3.89. The molecule has 1 aliphatic heterocycles. The van der Waals surface area contributed by atoms with Crippen molar-refractivity contribution in [1.82, 2.24) is 20.2 Å². The largest absolute Gasteiger partial charge is 0.497 e. The summed E-state index contributed by atoms with van der Waals surface area (Å²) >= 11 is 0. The first-order valence-electron chi connectivity index (χ1n) is 9.96. The molecule has 1 atom stereocenters. The van der Waals surface area contributed by atoms with E-state index in [4.69, 9.17) is 4.74 Å². The smallest absolute Gasteiger partial charge is 0.209 e. The van der Waals surface area contributed by atoms with Crippen LogP contribution in [0.15, 0.2) is 24.3 Å². The Bertz CT molecular complexity index is 713. The van der Waals surface area contributed by atoms with Gasteiger partial charge >= 0.3 is 0 Å². The summed E-state index contributed by atoms with van der Waals surface area (Å²) in [6.07, 6.45) is 2.24. The van der Waals surface area contributed by atoms with Crippen molar-refractivity contribution < 1.29 is 9.64 Å². The summed E-state index contributed by atoms with van der Waals surface area (Å²) in [6.45, 7) is 13.0. The number of methoxy groups -OCH3 is 1. The first kappa shape index (κ1) is 19.6. The average Bonchev–Trinajstić information content (AvgIpc) is 3.16. The van der Waals surface area contributed by atoms with Crippen LogP contribution in [0.3, 0.4) is 0 Å². The van der Waals surface area contributed by atoms with Crippen LogP contribution in [0, 0.1) is 0 Å². The first-order chi connectivity index (χ1) is 12.9. The van der Waals surface area contributed by atoms with Gasteiger partial charge in [0, 0.05) is 12.1 Å². The molecule has 0 aliphatic carbocycles. The fraction of sp³-hybridized carbons (Fsp3) is 0.650. The van der Waals surface area contributed by atoms with Crippen LogP contribution in [0.4, 0.5) is 5.69 Å². The van der Waals surface area contributed by atoms with E-state index in [0.717, 1.165) is 50.6 Å². The van der Waals surface area contributed by atoms with E-state index in [1.54, 1.807) is 12.0 Å². The molecule has 0 saturated carbocycles. The summed E-state index contributed by atoms with van der Waals surface area (Å²) in [7, 11) is 1.70. The predicted octanol–water partition coefficient (Wildman–Crippen LogP) is 1.68. The third kappa shape index (κ3) is 4.40. The molecule has 1 N–H and O–H groups in total. The molecular formula is C20H33N6O+. The van der Waals surface area contributed by atoms with Crippen LogP contribution in [-0.4, -0.2) is 53.5 Å². The van der Waals surface area contributed by atoms with Gasteiger partial charge in [-0.25, -0.2) is 4.68 Å². The molecular weight excluding hydrogens is 340 g/mol. The number of benzene rings is 1. The number of rotatable bonds is 6. The van der Waals surface area contributed by atoms with E-state index in [2.05, 4.69) is 60.3 Å². The molecule has 148 valence electrons. The Balaban J connectivity index is 1.71. The van der Waals surface area contributed by atoms with Crippen molar-refractivity contribution in [2.75, 3.05) is 38.2 Å². The van der Waals surface area contributed by atoms with Crippen LogP contribution in [0.5, 0.6) is 5.75 Å². The maximum Gasteiger partial charge on any atom is 0.209 e. The van der Waals surface area contributed by atoms with Crippen molar-refractivity contribution >= 4 is 5.69 Å². The van der Waals surface area contributed by atoms with Crippen LogP contribution in [-0.2, 0) is 5.54 Å². The molecule has 1 aromatic heterocycles. The van der Waals surface area contributed by atoms with Crippen molar-refractivity contribution in [2.24, 2.45) is 0 Å². The molecule has 0 unspecified atom stereocenters. The molecule has 7 nitrogen and oxygen atoms in total. The maximum absolute atomic E-state index is 5.27. The Morgan fingerprint density at radius 3 is 2.37 bits per heavy atom. The normalized spacial score (nSPS) is 17.1. The standard InChI is InChI=1S/C20H32N6O/c1-6-7-18(19-21-22-23-26(19)20(2,3)4)25-14-12-24(13-15-25)16-8-10-17(27-5)11-9-16/h8-11,18H,6-7,12-15H2,1-5H3/p+1/t18-/m0/s1.